The number of aromatic nitrogens is 1. The minimum Gasteiger partial charge on any atom is -0.455 e. The van der Waals surface area contributed by atoms with Crippen molar-refractivity contribution >= 4 is 21.9 Å². The van der Waals surface area contributed by atoms with Gasteiger partial charge >= 0.3 is 0 Å². The van der Waals surface area contributed by atoms with E-state index >= 15 is 0 Å². The van der Waals surface area contributed by atoms with Crippen LogP contribution in [0.4, 0.5) is 4.39 Å². The molecule has 172 valence electrons. The lowest BCUT2D eigenvalue weighted by Crippen LogP contribution is -2.30. The Balaban J connectivity index is 1.62. The maximum atomic E-state index is 14.3. The minimum atomic E-state index is -0.293. The SMILES string of the molecule is Cc1ccc2oc3c(-c4ccc(-c5ccccc5)cc4)c(C#N)ccc3c2c1-c1cc(F)cc[n+]1C. The molecule has 0 unspecified atom stereocenters. The zero-order valence-corrected chi connectivity index (χ0v) is 19.9. The van der Waals surface area contributed by atoms with E-state index in [2.05, 4.69) is 30.3 Å². The third-order valence-corrected chi connectivity index (χ3v) is 6.78. The minimum absolute atomic E-state index is 0.293. The molecule has 0 N–H and O–H groups in total. The van der Waals surface area contributed by atoms with Crippen LogP contribution >= 0.6 is 0 Å². The summed E-state index contributed by atoms with van der Waals surface area (Å²) in [6.07, 6.45) is 1.72. The van der Waals surface area contributed by atoms with Gasteiger partial charge in [0.1, 0.15) is 24.0 Å². The summed E-state index contributed by atoms with van der Waals surface area (Å²) in [5, 5.41) is 11.8. The van der Waals surface area contributed by atoms with E-state index in [0.717, 1.165) is 49.8 Å². The van der Waals surface area contributed by atoms with E-state index in [0.29, 0.717) is 16.7 Å². The Kier molecular flexibility index (Phi) is 5.13. The highest BCUT2D eigenvalue weighted by Gasteiger charge is 2.23. The number of furan rings is 1. The van der Waals surface area contributed by atoms with Gasteiger partial charge in [0.05, 0.1) is 17.2 Å². The van der Waals surface area contributed by atoms with Crippen LogP contribution in [-0.2, 0) is 7.05 Å². The number of nitriles is 1. The lowest BCUT2D eigenvalue weighted by Gasteiger charge is -2.08. The predicted octanol–water partition coefficient (Wildman–Crippen LogP) is 7.73. The fourth-order valence-electron chi connectivity index (χ4n) is 5.00. The van der Waals surface area contributed by atoms with Crippen molar-refractivity contribution in [2.75, 3.05) is 0 Å². The first-order chi connectivity index (χ1) is 17.5. The molecule has 36 heavy (non-hydrogen) atoms. The summed E-state index contributed by atoms with van der Waals surface area (Å²) >= 11 is 0. The van der Waals surface area contributed by atoms with Gasteiger partial charge < -0.3 is 4.42 Å². The highest BCUT2D eigenvalue weighted by molar-refractivity contribution is 6.16. The summed E-state index contributed by atoms with van der Waals surface area (Å²) < 4.78 is 22.6. The highest BCUT2D eigenvalue weighted by atomic mass is 19.1. The first kappa shape index (κ1) is 21.8. The fraction of sp³-hybridized carbons (Fsp3) is 0.0625. The van der Waals surface area contributed by atoms with Gasteiger partial charge in [-0.1, -0.05) is 60.7 Å². The van der Waals surface area contributed by atoms with Crippen molar-refractivity contribution in [3.63, 3.8) is 0 Å². The molecule has 0 amide bonds. The van der Waals surface area contributed by atoms with E-state index in [-0.39, 0.29) is 5.82 Å². The standard InChI is InChI=1S/C32H22FN2O/c1-20-8-15-28-31(29(20)27-18-25(33)16-17-35(27)2)26-14-13-24(19-34)30(32(26)36-28)23-11-9-22(10-12-23)21-6-4-3-5-7-21/h3-18H,1-2H3/q+1. The molecule has 6 aromatic rings. The topological polar surface area (TPSA) is 40.8 Å². The normalized spacial score (nSPS) is 11.2. The molecule has 4 aromatic carbocycles. The van der Waals surface area contributed by atoms with Crippen LogP contribution in [0.2, 0.25) is 0 Å². The molecule has 0 aliphatic rings. The molecule has 0 fully saturated rings. The van der Waals surface area contributed by atoms with Gasteiger partial charge in [-0.3, -0.25) is 0 Å². The summed E-state index contributed by atoms with van der Waals surface area (Å²) in [7, 11) is 1.91. The first-order valence-electron chi connectivity index (χ1n) is 11.8. The second-order valence-corrected chi connectivity index (χ2v) is 8.99. The maximum absolute atomic E-state index is 14.3. The Bertz CT molecular complexity index is 1810. The van der Waals surface area contributed by atoms with Crippen molar-refractivity contribution in [2.45, 2.75) is 6.92 Å². The van der Waals surface area contributed by atoms with Gasteiger partial charge in [-0.05, 0) is 47.4 Å². The summed E-state index contributed by atoms with van der Waals surface area (Å²) in [5.74, 6) is -0.293. The van der Waals surface area contributed by atoms with Crippen molar-refractivity contribution in [1.29, 1.82) is 5.26 Å². The Labute approximate surface area is 208 Å². The van der Waals surface area contributed by atoms with Gasteiger partial charge in [0.2, 0.25) is 5.69 Å². The number of hydrogen-bond acceptors (Lipinski definition) is 2. The van der Waals surface area contributed by atoms with E-state index in [1.165, 1.54) is 6.07 Å². The summed E-state index contributed by atoms with van der Waals surface area (Å²) in [6, 6.07) is 31.4. The molecule has 0 saturated carbocycles. The van der Waals surface area contributed by atoms with Gasteiger partial charge in [-0.15, -0.1) is 0 Å². The molecular formula is C32H22FN2O+. The van der Waals surface area contributed by atoms with Crippen LogP contribution in [0.15, 0.2) is 102 Å². The molecular weight excluding hydrogens is 447 g/mol. The van der Waals surface area contributed by atoms with Crippen LogP contribution in [0.5, 0.6) is 0 Å². The highest BCUT2D eigenvalue weighted by Crippen LogP contribution is 2.42. The molecule has 0 aliphatic carbocycles. The fourth-order valence-corrected chi connectivity index (χ4v) is 5.00. The van der Waals surface area contributed by atoms with E-state index in [1.807, 2.05) is 73.1 Å². The third kappa shape index (κ3) is 3.45. The van der Waals surface area contributed by atoms with Crippen LogP contribution < -0.4 is 4.57 Å². The van der Waals surface area contributed by atoms with Gasteiger partial charge in [-0.25, -0.2) is 8.96 Å². The van der Waals surface area contributed by atoms with Crippen molar-refractivity contribution in [2.24, 2.45) is 7.05 Å². The maximum Gasteiger partial charge on any atom is 0.216 e. The number of nitrogens with zero attached hydrogens (tertiary/aromatic N) is 2. The largest absolute Gasteiger partial charge is 0.455 e. The van der Waals surface area contributed by atoms with Crippen molar-refractivity contribution in [3.05, 3.63) is 114 Å². The number of hydrogen-bond donors (Lipinski definition) is 0. The van der Waals surface area contributed by atoms with Crippen molar-refractivity contribution in [3.8, 4) is 39.6 Å². The monoisotopic (exact) mass is 469 g/mol. The molecule has 0 atom stereocenters. The Hall–Kier alpha value is -4.75. The second-order valence-electron chi connectivity index (χ2n) is 8.99. The van der Waals surface area contributed by atoms with Crippen molar-refractivity contribution in [1.82, 2.24) is 0 Å². The quantitative estimate of drug-likeness (QED) is 0.249. The molecule has 0 aliphatic heterocycles. The molecule has 2 aromatic heterocycles. The zero-order chi connectivity index (χ0) is 24.8. The number of pyridine rings is 1. The van der Waals surface area contributed by atoms with Crippen LogP contribution in [-0.4, -0.2) is 0 Å². The lowest BCUT2D eigenvalue weighted by molar-refractivity contribution is -0.660. The van der Waals surface area contributed by atoms with Gasteiger partial charge in [0, 0.05) is 28.5 Å². The number of benzene rings is 4. The Morgan fingerprint density at radius 1 is 0.806 bits per heavy atom. The Morgan fingerprint density at radius 3 is 2.28 bits per heavy atom. The molecule has 3 nitrogen and oxygen atoms in total. The predicted molar refractivity (Wildman–Crippen MR) is 141 cm³/mol. The van der Waals surface area contributed by atoms with Crippen LogP contribution in [0, 0.1) is 24.1 Å². The first-order valence-corrected chi connectivity index (χ1v) is 11.8. The Morgan fingerprint density at radius 2 is 1.53 bits per heavy atom. The van der Waals surface area contributed by atoms with E-state index in [4.69, 9.17) is 4.42 Å². The number of aryl methyl sites for hydroxylation is 2. The van der Waals surface area contributed by atoms with Crippen LogP contribution in [0.25, 0.3) is 55.4 Å². The summed E-state index contributed by atoms with van der Waals surface area (Å²) in [6.45, 7) is 2.02. The number of halogens is 1. The van der Waals surface area contributed by atoms with E-state index < -0.39 is 0 Å². The van der Waals surface area contributed by atoms with Gasteiger partial charge in [0.15, 0.2) is 6.20 Å². The van der Waals surface area contributed by atoms with Gasteiger partial charge in [-0.2, -0.15) is 5.26 Å². The van der Waals surface area contributed by atoms with Crippen LogP contribution in [0.1, 0.15) is 11.1 Å². The molecule has 4 heteroatoms. The van der Waals surface area contributed by atoms with E-state index in [9.17, 15) is 9.65 Å². The number of rotatable bonds is 3. The van der Waals surface area contributed by atoms with Gasteiger partial charge in [0.25, 0.3) is 0 Å². The second kappa shape index (κ2) is 8.48. The number of fused-ring (bicyclic) bond motifs is 3. The van der Waals surface area contributed by atoms with E-state index in [1.54, 1.807) is 12.3 Å². The zero-order valence-electron chi connectivity index (χ0n) is 19.9. The molecule has 6 rings (SSSR count). The smallest absolute Gasteiger partial charge is 0.216 e. The molecule has 0 radical (unpaired) electrons. The third-order valence-electron chi connectivity index (χ3n) is 6.78. The summed E-state index contributed by atoms with van der Waals surface area (Å²) in [4.78, 5) is 0. The van der Waals surface area contributed by atoms with Crippen LogP contribution in [0.3, 0.4) is 0 Å². The summed E-state index contributed by atoms with van der Waals surface area (Å²) in [5.41, 5.74) is 8.51. The molecule has 0 saturated heterocycles. The molecule has 0 bridgehead atoms. The average molecular weight is 470 g/mol. The lowest BCUT2D eigenvalue weighted by atomic mass is 9.93. The molecule has 0 spiro atoms. The van der Waals surface area contributed by atoms with Crippen molar-refractivity contribution < 1.29 is 13.4 Å². The molecule has 2 heterocycles. The average Bonchev–Trinajstić information content (AvgIpc) is 3.29.